The summed E-state index contributed by atoms with van der Waals surface area (Å²) in [6.45, 7) is 1.90. The average molecular weight is 231 g/mol. The fourth-order valence-electron chi connectivity index (χ4n) is 1.27. The number of hydrogen-bond donors (Lipinski definition) is 0. The highest BCUT2D eigenvalue weighted by molar-refractivity contribution is 5.43. The number of imidazole rings is 1. The summed E-state index contributed by atoms with van der Waals surface area (Å²) in [6, 6.07) is 1.19. The first-order valence-electron chi connectivity index (χ1n) is 4.58. The van der Waals surface area contributed by atoms with Gasteiger partial charge in [-0.3, -0.25) is 0 Å². The molecule has 0 atom stereocenters. The summed E-state index contributed by atoms with van der Waals surface area (Å²) in [6.07, 6.45) is -1.35. The minimum atomic E-state index is -4.71. The van der Waals surface area contributed by atoms with Gasteiger partial charge >= 0.3 is 6.36 Å². The van der Waals surface area contributed by atoms with E-state index in [9.17, 15) is 13.2 Å². The Morgan fingerprint density at radius 1 is 1.44 bits per heavy atom. The topological polar surface area (TPSA) is 39.4 Å². The lowest BCUT2D eigenvalue weighted by Crippen LogP contribution is -2.17. The van der Waals surface area contributed by atoms with Crippen LogP contribution in [0.4, 0.5) is 13.2 Å². The van der Waals surface area contributed by atoms with Gasteiger partial charge in [0.2, 0.25) is 0 Å². The molecule has 0 amide bonds. The van der Waals surface area contributed by atoms with Crippen LogP contribution >= 0.6 is 0 Å². The maximum absolute atomic E-state index is 11.9. The Morgan fingerprint density at radius 2 is 2.19 bits per heavy atom. The van der Waals surface area contributed by atoms with Crippen molar-refractivity contribution in [2.75, 3.05) is 0 Å². The molecule has 0 saturated heterocycles. The Bertz CT molecular complexity index is 506. The second-order valence-corrected chi connectivity index (χ2v) is 3.13. The Kier molecular flexibility index (Phi) is 2.45. The van der Waals surface area contributed by atoms with Gasteiger partial charge in [-0.05, 0) is 6.42 Å². The maximum Gasteiger partial charge on any atom is 0.573 e. The number of alkyl halides is 3. The summed E-state index contributed by atoms with van der Waals surface area (Å²) in [5, 5.41) is 3.76. The van der Waals surface area contributed by atoms with E-state index in [1.807, 2.05) is 6.92 Å². The van der Waals surface area contributed by atoms with Gasteiger partial charge in [-0.25, -0.2) is 9.50 Å². The zero-order valence-corrected chi connectivity index (χ0v) is 8.32. The molecule has 0 spiro atoms. The molecular formula is C9H8F3N3O. The quantitative estimate of drug-likeness (QED) is 0.795. The van der Waals surface area contributed by atoms with Crippen LogP contribution in [0.25, 0.3) is 5.65 Å². The molecule has 0 bridgehead atoms. The van der Waals surface area contributed by atoms with E-state index in [1.54, 1.807) is 6.20 Å². The molecule has 0 aliphatic rings. The maximum atomic E-state index is 11.9. The van der Waals surface area contributed by atoms with Crippen LogP contribution in [0.5, 0.6) is 5.75 Å². The van der Waals surface area contributed by atoms with Gasteiger partial charge in [0.25, 0.3) is 0 Å². The Morgan fingerprint density at radius 3 is 2.81 bits per heavy atom. The average Bonchev–Trinajstić information content (AvgIpc) is 2.57. The van der Waals surface area contributed by atoms with Gasteiger partial charge < -0.3 is 4.74 Å². The Balaban J connectivity index is 2.36. The number of halogens is 3. The third-order valence-electron chi connectivity index (χ3n) is 1.94. The van der Waals surface area contributed by atoms with Crippen LogP contribution in [0.2, 0.25) is 0 Å². The van der Waals surface area contributed by atoms with Crippen molar-refractivity contribution in [3.63, 3.8) is 0 Å². The molecule has 2 rings (SSSR count). The number of hydrogen-bond acceptors (Lipinski definition) is 3. The molecular weight excluding hydrogens is 223 g/mol. The summed E-state index contributed by atoms with van der Waals surface area (Å²) in [5.41, 5.74) is 1.09. The highest BCUT2D eigenvalue weighted by Gasteiger charge is 2.31. The second kappa shape index (κ2) is 3.66. The standard InChI is InChI=1S/C9H8F3N3O/c1-2-6-5-15-8(14-6)3-7(4-13-15)16-9(10,11)12/h3-5H,2H2,1H3. The number of ether oxygens (including phenoxy) is 1. The molecule has 4 nitrogen and oxygen atoms in total. The van der Waals surface area contributed by atoms with Crippen molar-refractivity contribution < 1.29 is 17.9 Å². The molecule has 0 radical (unpaired) electrons. The Hall–Kier alpha value is -1.79. The first kappa shape index (κ1) is 10.7. The zero-order valence-electron chi connectivity index (χ0n) is 8.32. The van der Waals surface area contributed by atoms with Gasteiger partial charge in [0.15, 0.2) is 11.4 Å². The van der Waals surface area contributed by atoms with E-state index in [-0.39, 0.29) is 5.75 Å². The van der Waals surface area contributed by atoms with Crippen molar-refractivity contribution in [1.82, 2.24) is 14.6 Å². The summed E-state index contributed by atoms with van der Waals surface area (Å²) in [7, 11) is 0. The summed E-state index contributed by atoms with van der Waals surface area (Å²) >= 11 is 0. The number of fused-ring (bicyclic) bond motifs is 1. The van der Waals surface area contributed by atoms with E-state index in [2.05, 4.69) is 14.8 Å². The van der Waals surface area contributed by atoms with Gasteiger partial charge in [0.05, 0.1) is 18.1 Å². The zero-order chi connectivity index (χ0) is 11.8. The van der Waals surface area contributed by atoms with E-state index in [1.165, 1.54) is 10.6 Å². The van der Waals surface area contributed by atoms with Crippen LogP contribution in [0, 0.1) is 0 Å². The third kappa shape index (κ3) is 2.23. The molecule has 0 aliphatic heterocycles. The van der Waals surface area contributed by atoms with Crippen LogP contribution in [0.1, 0.15) is 12.6 Å². The summed E-state index contributed by atoms with van der Waals surface area (Å²) in [5.74, 6) is -0.367. The molecule has 0 unspecified atom stereocenters. The Labute approximate surface area is 88.7 Å². The fourth-order valence-corrected chi connectivity index (χ4v) is 1.27. The van der Waals surface area contributed by atoms with Gasteiger partial charge in [-0.15, -0.1) is 13.2 Å². The predicted octanol–water partition coefficient (Wildman–Crippen LogP) is 2.19. The summed E-state index contributed by atoms with van der Waals surface area (Å²) < 4.78 is 40.9. The lowest BCUT2D eigenvalue weighted by atomic mass is 10.4. The van der Waals surface area contributed by atoms with E-state index in [0.29, 0.717) is 12.1 Å². The monoisotopic (exact) mass is 231 g/mol. The lowest BCUT2D eigenvalue weighted by molar-refractivity contribution is -0.274. The van der Waals surface area contributed by atoms with Crippen LogP contribution in [-0.4, -0.2) is 21.0 Å². The molecule has 0 aromatic carbocycles. The second-order valence-electron chi connectivity index (χ2n) is 3.13. The normalized spacial score (nSPS) is 12.0. The molecule has 2 heterocycles. The van der Waals surface area contributed by atoms with Crippen molar-refractivity contribution in [3.8, 4) is 5.75 Å². The molecule has 86 valence electrons. The molecule has 0 aliphatic carbocycles. The largest absolute Gasteiger partial charge is 0.573 e. The lowest BCUT2D eigenvalue weighted by Gasteiger charge is -2.07. The molecule has 0 fully saturated rings. The van der Waals surface area contributed by atoms with E-state index >= 15 is 0 Å². The van der Waals surface area contributed by atoms with Gasteiger partial charge in [-0.2, -0.15) is 5.10 Å². The number of nitrogens with zero attached hydrogens (tertiary/aromatic N) is 3. The van der Waals surface area contributed by atoms with Crippen molar-refractivity contribution >= 4 is 5.65 Å². The highest BCUT2D eigenvalue weighted by atomic mass is 19.4. The van der Waals surface area contributed by atoms with Crippen LogP contribution in [-0.2, 0) is 6.42 Å². The smallest absolute Gasteiger partial charge is 0.404 e. The van der Waals surface area contributed by atoms with E-state index in [4.69, 9.17) is 0 Å². The summed E-state index contributed by atoms with van der Waals surface area (Å²) in [4.78, 5) is 4.07. The molecule has 0 N–H and O–H groups in total. The molecule has 2 aromatic rings. The SMILES string of the molecule is CCc1cn2ncc(OC(F)(F)F)cc2n1. The van der Waals surface area contributed by atoms with Gasteiger partial charge in [0, 0.05) is 6.07 Å². The van der Waals surface area contributed by atoms with Gasteiger partial charge in [-0.1, -0.05) is 6.92 Å². The van der Waals surface area contributed by atoms with Crippen LogP contribution in [0.3, 0.4) is 0 Å². The van der Waals surface area contributed by atoms with Gasteiger partial charge in [0.1, 0.15) is 0 Å². The fraction of sp³-hybridized carbons (Fsp3) is 0.333. The number of rotatable bonds is 2. The van der Waals surface area contributed by atoms with Crippen LogP contribution in [0.15, 0.2) is 18.5 Å². The highest BCUT2D eigenvalue weighted by Crippen LogP contribution is 2.22. The van der Waals surface area contributed by atoms with Crippen molar-refractivity contribution in [2.45, 2.75) is 19.7 Å². The van der Waals surface area contributed by atoms with Crippen molar-refractivity contribution in [3.05, 3.63) is 24.2 Å². The molecule has 2 aromatic heterocycles. The first-order valence-corrected chi connectivity index (χ1v) is 4.58. The van der Waals surface area contributed by atoms with E-state index in [0.717, 1.165) is 11.9 Å². The van der Waals surface area contributed by atoms with Crippen molar-refractivity contribution in [2.24, 2.45) is 0 Å². The minimum Gasteiger partial charge on any atom is -0.404 e. The first-order chi connectivity index (χ1) is 7.48. The molecule has 7 heteroatoms. The molecule has 16 heavy (non-hydrogen) atoms. The number of aromatic nitrogens is 3. The minimum absolute atomic E-state index is 0.332. The molecule has 0 saturated carbocycles. The van der Waals surface area contributed by atoms with Crippen molar-refractivity contribution in [1.29, 1.82) is 0 Å². The van der Waals surface area contributed by atoms with Crippen LogP contribution < -0.4 is 4.74 Å². The predicted molar refractivity (Wildman–Crippen MR) is 49.0 cm³/mol. The van der Waals surface area contributed by atoms with E-state index < -0.39 is 6.36 Å². The number of aryl methyl sites for hydroxylation is 1. The third-order valence-corrected chi connectivity index (χ3v) is 1.94.